The third kappa shape index (κ3) is 3.64. The van der Waals surface area contributed by atoms with Gasteiger partial charge in [-0.05, 0) is 19.4 Å². The number of β-lactam (4-membered cyclic amide) rings is 1. The maximum absolute atomic E-state index is 13.1. The molecule has 0 bridgehead atoms. The summed E-state index contributed by atoms with van der Waals surface area (Å²) in [5.74, 6) is -2.20. The van der Waals surface area contributed by atoms with Crippen molar-refractivity contribution in [2.75, 3.05) is 13.1 Å². The van der Waals surface area contributed by atoms with Crippen LogP contribution < -0.4 is 16.0 Å². The van der Waals surface area contributed by atoms with Gasteiger partial charge in [0.05, 0.1) is 0 Å². The highest BCUT2D eigenvalue weighted by Crippen LogP contribution is 2.50. The molecule has 3 fully saturated rings. The van der Waals surface area contributed by atoms with Gasteiger partial charge in [-0.2, -0.15) is 0 Å². The van der Waals surface area contributed by atoms with Crippen molar-refractivity contribution < 1.29 is 29.1 Å². The van der Waals surface area contributed by atoms with Crippen molar-refractivity contribution in [2.24, 2.45) is 0 Å². The molecule has 3 saturated heterocycles. The van der Waals surface area contributed by atoms with Crippen LogP contribution in [0, 0.1) is 0 Å². The first-order valence-electron chi connectivity index (χ1n) is 10.1. The normalized spacial score (nSPS) is 26.6. The highest BCUT2D eigenvalue weighted by atomic mass is 32.2. The van der Waals surface area contributed by atoms with E-state index in [9.17, 15) is 29.1 Å². The number of carbonyl (C=O) groups is 5. The van der Waals surface area contributed by atoms with Gasteiger partial charge in [-0.15, -0.1) is 11.8 Å². The molecular formula is C20H23N5O6S. The fourth-order valence-corrected chi connectivity index (χ4v) is 5.82. The quantitative estimate of drug-likeness (QED) is 0.454. The lowest BCUT2D eigenvalue weighted by atomic mass is 9.95. The Labute approximate surface area is 187 Å². The minimum atomic E-state index is -1.14. The summed E-state index contributed by atoms with van der Waals surface area (Å²) in [5.41, 5.74) is 0.476. The van der Waals surface area contributed by atoms with Crippen molar-refractivity contribution in [3.63, 3.8) is 0 Å². The number of carbonyl (C=O) groups excluding carboxylic acids is 4. The number of carboxylic acid groups (broad SMARTS) is 1. The Balaban J connectivity index is 1.51. The molecule has 12 heteroatoms. The van der Waals surface area contributed by atoms with Gasteiger partial charge in [-0.25, -0.2) is 19.3 Å². The standard InChI is InChI=1S/C20H23N5O6S/c1-20(2)13(17(28)29)25-15(27)12(16(25)32-20)22-14(26)11(10-6-4-3-5-7-10)23-19(31)24-9-8-21-18(24)30/h3-7,11-13,16H,8-9H2,1-2H3,(H,21,30)(H,22,26)(H,23,31)(H,28,29)/t11?,12-,13?,16-/m1/s1. The van der Waals surface area contributed by atoms with Crippen LogP contribution >= 0.6 is 11.8 Å². The maximum Gasteiger partial charge on any atom is 0.327 e. The van der Waals surface area contributed by atoms with Crippen LogP contribution in [0.1, 0.15) is 25.5 Å². The van der Waals surface area contributed by atoms with E-state index in [0.717, 1.165) is 4.90 Å². The lowest BCUT2D eigenvalue weighted by molar-refractivity contribution is -0.161. The number of hydrogen-bond donors (Lipinski definition) is 4. The maximum atomic E-state index is 13.1. The topological polar surface area (TPSA) is 148 Å². The molecule has 2 unspecified atom stereocenters. The van der Waals surface area contributed by atoms with Gasteiger partial charge in [-0.1, -0.05) is 30.3 Å². The molecule has 4 rings (SSSR count). The first kappa shape index (κ1) is 21.9. The lowest BCUT2D eigenvalue weighted by Gasteiger charge is -2.44. The highest BCUT2D eigenvalue weighted by Gasteiger charge is 2.64. The zero-order valence-corrected chi connectivity index (χ0v) is 18.2. The molecule has 1 aromatic carbocycles. The predicted octanol–water partition coefficient (Wildman–Crippen LogP) is 0.0942. The van der Waals surface area contributed by atoms with Crippen molar-refractivity contribution in [3.05, 3.63) is 35.9 Å². The van der Waals surface area contributed by atoms with Crippen molar-refractivity contribution in [1.29, 1.82) is 0 Å². The van der Waals surface area contributed by atoms with Gasteiger partial charge in [0.1, 0.15) is 23.5 Å². The molecule has 0 aromatic heterocycles. The molecule has 11 nitrogen and oxygen atoms in total. The number of benzene rings is 1. The van der Waals surface area contributed by atoms with E-state index < -0.39 is 58.1 Å². The van der Waals surface area contributed by atoms with Crippen molar-refractivity contribution in [2.45, 2.75) is 42.1 Å². The lowest BCUT2D eigenvalue weighted by Crippen LogP contribution is -2.71. The zero-order chi connectivity index (χ0) is 23.2. The molecule has 1 aromatic rings. The molecule has 3 heterocycles. The second kappa shape index (κ2) is 8.01. The first-order valence-corrected chi connectivity index (χ1v) is 10.9. The van der Waals surface area contributed by atoms with E-state index in [1.165, 1.54) is 16.7 Å². The van der Waals surface area contributed by atoms with Crippen molar-refractivity contribution in [1.82, 2.24) is 25.8 Å². The number of urea groups is 2. The summed E-state index contributed by atoms with van der Waals surface area (Å²) in [6.07, 6.45) is 0. The summed E-state index contributed by atoms with van der Waals surface area (Å²) in [5, 5.41) is 16.8. The Morgan fingerprint density at radius 3 is 2.50 bits per heavy atom. The summed E-state index contributed by atoms with van der Waals surface area (Å²) in [6.45, 7) is 3.98. The fourth-order valence-electron chi connectivity index (χ4n) is 4.19. The predicted molar refractivity (Wildman–Crippen MR) is 113 cm³/mol. The molecule has 32 heavy (non-hydrogen) atoms. The Morgan fingerprint density at radius 1 is 1.22 bits per heavy atom. The van der Waals surface area contributed by atoms with Crippen LogP contribution in [0.5, 0.6) is 0 Å². The molecule has 3 aliphatic heterocycles. The summed E-state index contributed by atoms with van der Waals surface area (Å²) in [6, 6.07) is 4.14. The average molecular weight is 462 g/mol. The second-order valence-corrected chi connectivity index (χ2v) is 10.0. The van der Waals surface area contributed by atoms with E-state index in [1.807, 2.05) is 0 Å². The molecule has 6 amide bonds. The van der Waals surface area contributed by atoms with E-state index in [0.29, 0.717) is 12.1 Å². The SMILES string of the molecule is CC1(C)S[C@@H]2[C@H](NC(=O)C(NC(=O)N3CCNC3=O)c3ccccc3)C(=O)N2C1C(=O)O. The van der Waals surface area contributed by atoms with Crippen LogP contribution in [-0.4, -0.2) is 80.0 Å². The van der Waals surface area contributed by atoms with Crippen LogP contribution in [-0.2, 0) is 14.4 Å². The number of carboxylic acids is 1. The van der Waals surface area contributed by atoms with Gasteiger partial charge < -0.3 is 26.0 Å². The number of imide groups is 1. The van der Waals surface area contributed by atoms with Crippen LogP contribution in [0.2, 0.25) is 0 Å². The summed E-state index contributed by atoms with van der Waals surface area (Å²) in [7, 11) is 0. The average Bonchev–Trinajstić information content (AvgIpc) is 3.29. The highest BCUT2D eigenvalue weighted by molar-refractivity contribution is 8.01. The largest absolute Gasteiger partial charge is 0.480 e. The number of nitrogens with one attached hydrogen (secondary N) is 3. The molecular weight excluding hydrogens is 438 g/mol. The van der Waals surface area contributed by atoms with Crippen molar-refractivity contribution in [3.8, 4) is 0 Å². The van der Waals surface area contributed by atoms with E-state index in [2.05, 4.69) is 16.0 Å². The third-order valence-electron chi connectivity index (χ3n) is 5.74. The van der Waals surface area contributed by atoms with Crippen LogP contribution in [0.4, 0.5) is 9.59 Å². The Hall–Kier alpha value is -3.28. The number of nitrogens with zero attached hydrogens (tertiary/aromatic N) is 2. The van der Waals surface area contributed by atoms with Gasteiger partial charge in [0.25, 0.3) is 0 Å². The zero-order valence-electron chi connectivity index (χ0n) is 17.4. The van der Waals surface area contributed by atoms with Crippen LogP contribution in [0.25, 0.3) is 0 Å². The minimum absolute atomic E-state index is 0.175. The van der Waals surface area contributed by atoms with Crippen LogP contribution in [0.15, 0.2) is 30.3 Å². The molecule has 0 saturated carbocycles. The van der Waals surface area contributed by atoms with E-state index in [4.69, 9.17) is 0 Å². The monoisotopic (exact) mass is 461 g/mol. The van der Waals surface area contributed by atoms with Crippen molar-refractivity contribution >= 4 is 41.6 Å². The fraction of sp³-hybridized carbons (Fsp3) is 0.450. The van der Waals surface area contributed by atoms with Gasteiger partial charge in [0.2, 0.25) is 11.8 Å². The molecule has 0 aliphatic carbocycles. The molecule has 170 valence electrons. The number of amides is 6. The molecule has 0 spiro atoms. The summed E-state index contributed by atoms with van der Waals surface area (Å²) >= 11 is 1.31. The van der Waals surface area contributed by atoms with E-state index in [-0.39, 0.29) is 6.54 Å². The summed E-state index contributed by atoms with van der Waals surface area (Å²) < 4.78 is -0.720. The smallest absolute Gasteiger partial charge is 0.327 e. The molecule has 0 radical (unpaired) electrons. The van der Waals surface area contributed by atoms with E-state index >= 15 is 0 Å². The molecule has 3 aliphatic rings. The minimum Gasteiger partial charge on any atom is -0.480 e. The van der Waals surface area contributed by atoms with Gasteiger partial charge in [0, 0.05) is 17.8 Å². The number of fused-ring (bicyclic) bond motifs is 1. The molecule has 4 atom stereocenters. The van der Waals surface area contributed by atoms with Crippen LogP contribution in [0.3, 0.4) is 0 Å². The number of thioether (sulfide) groups is 1. The Kier molecular flexibility index (Phi) is 5.49. The van der Waals surface area contributed by atoms with Gasteiger partial charge >= 0.3 is 18.0 Å². The third-order valence-corrected chi connectivity index (χ3v) is 7.31. The van der Waals surface area contributed by atoms with Gasteiger partial charge in [0.15, 0.2) is 0 Å². The summed E-state index contributed by atoms with van der Waals surface area (Å²) in [4.78, 5) is 64.2. The number of aliphatic carboxylic acids is 1. The van der Waals surface area contributed by atoms with E-state index in [1.54, 1.807) is 44.2 Å². The Morgan fingerprint density at radius 2 is 1.91 bits per heavy atom. The first-order chi connectivity index (χ1) is 15.1. The number of rotatable bonds is 5. The second-order valence-electron chi connectivity index (χ2n) is 8.26. The number of hydrogen-bond acceptors (Lipinski definition) is 6. The molecule has 4 N–H and O–H groups in total. The van der Waals surface area contributed by atoms with Gasteiger partial charge in [-0.3, -0.25) is 9.59 Å². The Bertz CT molecular complexity index is 986.